The Labute approximate surface area is 202 Å². The van der Waals surface area contributed by atoms with E-state index in [0.717, 1.165) is 21.9 Å². The van der Waals surface area contributed by atoms with Crippen LogP contribution in [0.3, 0.4) is 0 Å². The van der Waals surface area contributed by atoms with Crippen LogP contribution in [-0.2, 0) is 9.47 Å². The smallest absolute Gasteiger partial charge is 0.223 e. The van der Waals surface area contributed by atoms with Gasteiger partial charge in [0.15, 0.2) is 5.11 Å². The molecule has 2 aliphatic heterocycles. The van der Waals surface area contributed by atoms with Crippen LogP contribution in [0.4, 0.5) is 17.3 Å². The Morgan fingerprint density at radius 1 is 1.06 bits per heavy atom. The van der Waals surface area contributed by atoms with E-state index in [1.54, 1.807) is 17.5 Å². The average molecular weight is 483 g/mol. The molecule has 2 aliphatic rings. The van der Waals surface area contributed by atoms with E-state index in [2.05, 4.69) is 36.9 Å². The third kappa shape index (κ3) is 4.93. The molecule has 4 heterocycles. The standard InChI is InChI=1S/C23H26N6O2S2/c1-29(2)15-7-5-14(6-8-15)25-23(32)28-18-13-31-20-17(12-30-21(18)20)27-22-24-10-9-16(26-22)19-4-3-11-33-19/h3-11,17-18,20-21H,12-13H2,1-2H3,(H,24,26,27)(H2,25,28,32). The molecule has 0 spiro atoms. The summed E-state index contributed by atoms with van der Waals surface area (Å²) in [6, 6.07) is 14.0. The van der Waals surface area contributed by atoms with Crippen LogP contribution in [0, 0.1) is 0 Å². The first-order valence-corrected chi connectivity index (χ1v) is 12.1. The van der Waals surface area contributed by atoms with Gasteiger partial charge in [0, 0.05) is 31.7 Å². The topological polar surface area (TPSA) is 83.6 Å². The summed E-state index contributed by atoms with van der Waals surface area (Å²) in [6.45, 7) is 1.04. The molecule has 2 fully saturated rings. The molecule has 1 aromatic carbocycles. The highest BCUT2D eigenvalue weighted by atomic mass is 32.1. The largest absolute Gasteiger partial charge is 0.378 e. The number of hydrogen-bond donors (Lipinski definition) is 3. The Hall–Kier alpha value is -2.79. The Morgan fingerprint density at radius 2 is 1.82 bits per heavy atom. The third-order valence-corrected chi connectivity index (χ3v) is 6.87. The number of anilines is 3. The van der Waals surface area contributed by atoms with Gasteiger partial charge < -0.3 is 30.3 Å². The second kappa shape index (κ2) is 9.60. The summed E-state index contributed by atoms with van der Waals surface area (Å²) in [7, 11) is 4.03. The van der Waals surface area contributed by atoms with Gasteiger partial charge in [0.2, 0.25) is 5.95 Å². The number of nitrogens with one attached hydrogen (secondary N) is 3. The Bertz CT molecular complexity index is 1090. The predicted molar refractivity (Wildman–Crippen MR) is 136 cm³/mol. The van der Waals surface area contributed by atoms with Crippen molar-refractivity contribution in [1.29, 1.82) is 0 Å². The third-order valence-electron chi connectivity index (χ3n) is 5.76. The van der Waals surface area contributed by atoms with E-state index < -0.39 is 0 Å². The van der Waals surface area contributed by atoms with E-state index in [-0.39, 0.29) is 24.3 Å². The summed E-state index contributed by atoms with van der Waals surface area (Å²) < 4.78 is 12.1. The zero-order chi connectivity index (χ0) is 22.8. The number of nitrogens with zero attached hydrogens (tertiary/aromatic N) is 3. The van der Waals surface area contributed by atoms with Crippen molar-refractivity contribution >= 4 is 46.0 Å². The van der Waals surface area contributed by atoms with Crippen molar-refractivity contribution in [2.75, 3.05) is 42.8 Å². The van der Waals surface area contributed by atoms with Crippen LogP contribution in [0.1, 0.15) is 0 Å². The summed E-state index contributed by atoms with van der Waals surface area (Å²) in [5.41, 5.74) is 2.97. The van der Waals surface area contributed by atoms with E-state index in [0.29, 0.717) is 24.3 Å². The molecular weight excluding hydrogens is 456 g/mol. The first-order valence-electron chi connectivity index (χ1n) is 10.8. The minimum atomic E-state index is -0.0985. The van der Waals surface area contributed by atoms with Crippen molar-refractivity contribution in [2.45, 2.75) is 24.3 Å². The fraction of sp³-hybridized carbons (Fsp3) is 0.348. The van der Waals surface area contributed by atoms with Crippen molar-refractivity contribution in [3.05, 3.63) is 54.0 Å². The number of thiocarbonyl (C=S) groups is 1. The van der Waals surface area contributed by atoms with Gasteiger partial charge in [0.25, 0.3) is 0 Å². The fourth-order valence-corrected chi connectivity index (χ4v) is 5.05. The highest BCUT2D eigenvalue weighted by molar-refractivity contribution is 7.80. The highest BCUT2D eigenvalue weighted by Gasteiger charge is 2.48. The lowest BCUT2D eigenvalue weighted by molar-refractivity contribution is 0.0689. The predicted octanol–water partition coefficient (Wildman–Crippen LogP) is 3.20. The van der Waals surface area contributed by atoms with Gasteiger partial charge in [-0.25, -0.2) is 9.97 Å². The van der Waals surface area contributed by atoms with E-state index in [1.807, 2.05) is 55.9 Å². The average Bonchev–Trinajstić information content (AvgIpc) is 3.55. The SMILES string of the molecule is CN(C)c1ccc(NC(=S)NC2COC3C(Nc4nccc(-c5cccs5)n4)COC23)cc1. The van der Waals surface area contributed by atoms with Crippen molar-refractivity contribution in [2.24, 2.45) is 0 Å². The molecular formula is C23H26N6O2S2. The molecule has 2 saturated heterocycles. The van der Waals surface area contributed by atoms with Crippen molar-refractivity contribution < 1.29 is 9.47 Å². The summed E-state index contributed by atoms with van der Waals surface area (Å²) in [5.74, 6) is 0.577. The lowest BCUT2D eigenvalue weighted by Gasteiger charge is -2.20. The maximum Gasteiger partial charge on any atom is 0.223 e. The van der Waals surface area contributed by atoms with Crippen LogP contribution < -0.4 is 20.9 Å². The zero-order valence-electron chi connectivity index (χ0n) is 18.4. The number of aromatic nitrogens is 2. The van der Waals surface area contributed by atoms with Crippen LogP contribution >= 0.6 is 23.6 Å². The minimum Gasteiger partial charge on any atom is -0.378 e. The molecule has 0 bridgehead atoms. The molecule has 0 amide bonds. The van der Waals surface area contributed by atoms with Gasteiger partial charge in [0.05, 0.1) is 35.9 Å². The maximum atomic E-state index is 6.07. The van der Waals surface area contributed by atoms with E-state index in [9.17, 15) is 0 Å². The number of thiophene rings is 1. The quantitative estimate of drug-likeness (QED) is 0.459. The molecule has 3 aromatic rings. The summed E-state index contributed by atoms with van der Waals surface area (Å²) >= 11 is 7.18. The molecule has 10 heteroatoms. The second-order valence-corrected chi connectivity index (χ2v) is 9.59. The number of ether oxygens (including phenoxy) is 2. The van der Waals surface area contributed by atoms with Gasteiger partial charge in [0.1, 0.15) is 12.2 Å². The van der Waals surface area contributed by atoms with E-state index in [4.69, 9.17) is 21.7 Å². The van der Waals surface area contributed by atoms with Crippen molar-refractivity contribution in [3.63, 3.8) is 0 Å². The normalized spacial score (nSPS) is 23.7. The Balaban J connectivity index is 1.17. The zero-order valence-corrected chi connectivity index (χ0v) is 20.0. The molecule has 0 radical (unpaired) electrons. The number of hydrogen-bond acceptors (Lipinski definition) is 8. The molecule has 4 atom stereocenters. The van der Waals surface area contributed by atoms with Gasteiger partial charge in [-0.2, -0.15) is 0 Å². The molecule has 33 heavy (non-hydrogen) atoms. The van der Waals surface area contributed by atoms with Crippen LogP contribution in [0.25, 0.3) is 10.6 Å². The summed E-state index contributed by atoms with van der Waals surface area (Å²) in [5, 5.41) is 12.6. The minimum absolute atomic E-state index is 0.0266. The monoisotopic (exact) mass is 482 g/mol. The fourth-order valence-electron chi connectivity index (χ4n) is 4.08. The second-order valence-electron chi connectivity index (χ2n) is 8.24. The first-order chi connectivity index (χ1) is 16.1. The van der Waals surface area contributed by atoms with Gasteiger partial charge in [-0.3, -0.25) is 0 Å². The van der Waals surface area contributed by atoms with E-state index in [1.165, 1.54) is 0 Å². The maximum absolute atomic E-state index is 6.07. The van der Waals surface area contributed by atoms with Gasteiger partial charge in [-0.05, 0) is 54.0 Å². The van der Waals surface area contributed by atoms with E-state index >= 15 is 0 Å². The lowest BCUT2D eigenvalue weighted by atomic mass is 10.1. The molecule has 172 valence electrons. The molecule has 0 saturated carbocycles. The molecule has 2 aromatic heterocycles. The Morgan fingerprint density at radius 3 is 2.55 bits per heavy atom. The molecule has 5 rings (SSSR count). The molecule has 0 aliphatic carbocycles. The summed E-state index contributed by atoms with van der Waals surface area (Å²) in [4.78, 5) is 12.2. The van der Waals surface area contributed by atoms with Crippen LogP contribution in [0.5, 0.6) is 0 Å². The van der Waals surface area contributed by atoms with Crippen LogP contribution in [-0.4, -0.2) is 66.7 Å². The van der Waals surface area contributed by atoms with Gasteiger partial charge in [-0.15, -0.1) is 11.3 Å². The highest BCUT2D eigenvalue weighted by Crippen LogP contribution is 2.29. The number of fused-ring (bicyclic) bond motifs is 1. The van der Waals surface area contributed by atoms with Crippen molar-refractivity contribution in [3.8, 4) is 10.6 Å². The summed E-state index contributed by atoms with van der Waals surface area (Å²) in [6.07, 6.45) is 1.57. The van der Waals surface area contributed by atoms with Crippen LogP contribution in [0.2, 0.25) is 0 Å². The first kappa shape index (κ1) is 22.0. The van der Waals surface area contributed by atoms with Gasteiger partial charge in [-0.1, -0.05) is 6.07 Å². The van der Waals surface area contributed by atoms with Crippen LogP contribution in [0.15, 0.2) is 54.0 Å². The molecule has 3 N–H and O–H groups in total. The molecule has 8 nitrogen and oxygen atoms in total. The number of rotatable bonds is 6. The van der Waals surface area contributed by atoms with Crippen molar-refractivity contribution in [1.82, 2.24) is 15.3 Å². The lowest BCUT2D eigenvalue weighted by Crippen LogP contribution is -2.46. The number of benzene rings is 1. The Kier molecular flexibility index (Phi) is 6.41. The van der Waals surface area contributed by atoms with Gasteiger partial charge >= 0.3 is 0 Å². The molecule has 4 unspecified atom stereocenters.